The highest BCUT2D eigenvalue weighted by molar-refractivity contribution is 5.49. The van der Waals surface area contributed by atoms with Crippen molar-refractivity contribution in [3.05, 3.63) is 75.8 Å². The average molecular weight is 334 g/mol. The van der Waals surface area contributed by atoms with Gasteiger partial charge in [0, 0.05) is 32.3 Å². The van der Waals surface area contributed by atoms with Crippen molar-refractivity contribution in [2.24, 2.45) is 0 Å². The Labute approximate surface area is 144 Å². The molecule has 0 saturated heterocycles. The van der Waals surface area contributed by atoms with Gasteiger partial charge in [0.25, 0.3) is 5.56 Å². The van der Waals surface area contributed by atoms with Crippen molar-refractivity contribution in [1.29, 1.82) is 0 Å². The quantitative estimate of drug-likeness (QED) is 0.766. The van der Waals surface area contributed by atoms with Gasteiger partial charge in [-0.3, -0.25) is 14.7 Å². The van der Waals surface area contributed by atoms with E-state index in [1.807, 2.05) is 30.3 Å². The number of hydrogen-bond donors (Lipinski definition) is 2. The number of benzene rings is 1. The molecule has 126 valence electrons. The number of H-pyrrole nitrogens is 1. The summed E-state index contributed by atoms with van der Waals surface area (Å²) in [6.07, 6.45) is 2.41. The second-order valence-electron chi connectivity index (χ2n) is 6.19. The SMILES string of the molecule is O=c1[nH]c(-c2ccccn2)nc2c1CN(Cc1cccc(O)c1)CC2. The Morgan fingerprint density at radius 2 is 2.12 bits per heavy atom. The van der Waals surface area contributed by atoms with Gasteiger partial charge in [-0.1, -0.05) is 18.2 Å². The molecule has 3 aromatic rings. The number of fused-ring (bicyclic) bond motifs is 1. The number of phenols is 1. The van der Waals surface area contributed by atoms with Gasteiger partial charge in [0.1, 0.15) is 11.4 Å². The first-order valence-corrected chi connectivity index (χ1v) is 8.23. The molecule has 1 aromatic carbocycles. The molecule has 0 radical (unpaired) electrons. The minimum absolute atomic E-state index is 0.105. The van der Waals surface area contributed by atoms with Crippen molar-refractivity contribution in [2.45, 2.75) is 19.5 Å². The minimum Gasteiger partial charge on any atom is -0.508 e. The Morgan fingerprint density at radius 1 is 1.20 bits per heavy atom. The van der Waals surface area contributed by atoms with Gasteiger partial charge in [-0.25, -0.2) is 4.98 Å². The van der Waals surface area contributed by atoms with Crippen molar-refractivity contribution in [3.63, 3.8) is 0 Å². The van der Waals surface area contributed by atoms with Crippen LogP contribution in [0, 0.1) is 0 Å². The molecule has 4 rings (SSSR count). The Hall–Kier alpha value is -2.99. The number of aromatic hydroxyl groups is 1. The van der Waals surface area contributed by atoms with Crippen LogP contribution in [-0.2, 0) is 19.5 Å². The number of aromatic amines is 1. The summed E-state index contributed by atoms with van der Waals surface area (Å²) >= 11 is 0. The summed E-state index contributed by atoms with van der Waals surface area (Å²) in [5, 5.41) is 9.59. The zero-order valence-electron chi connectivity index (χ0n) is 13.6. The van der Waals surface area contributed by atoms with E-state index in [0.29, 0.717) is 30.2 Å². The van der Waals surface area contributed by atoms with Crippen LogP contribution >= 0.6 is 0 Å². The summed E-state index contributed by atoms with van der Waals surface area (Å²) in [7, 11) is 0. The van der Waals surface area contributed by atoms with Crippen LogP contribution in [0.15, 0.2) is 53.5 Å². The first-order valence-electron chi connectivity index (χ1n) is 8.23. The zero-order chi connectivity index (χ0) is 17.2. The summed E-state index contributed by atoms with van der Waals surface area (Å²) in [5.41, 5.74) is 3.15. The molecule has 0 aliphatic carbocycles. The number of nitrogens with zero attached hydrogens (tertiary/aromatic N) is 3. The number of phenolic OH excluding ortho intramolecular Hbond substituents is 1. The lowest BCUT2D eigenvalue weighted by molar-refractivity contribution is 0.241. The Kier molecular flexibility index (Phi) is 4.03. The van der Waals surface area contributed by atoms with Crippen LogP contribution in [0.4, 0.5) is 0 Å². The predicted molar refractivity (Wildman–Crippen MR) is 94.0 cm³/mol. The van der Waals surface area contributed by atoms with Crippen LogP contribution in [0.3, 0.4) is 0 Å². The molecule has 6 nitrogen and oxygen atoms in total. The van der Waals surface area contributed by atoms with Gasteiger partial charge < -0.3 is 10.1 Å². The van der Waals surface area contributed by atoms with Gasteiger partial charge in [-0.05, 0) is 29.8 Å². The van der Waals surface area contributed by atoms with E-state index in [9.17, 15) is 9.90 Å². The second kappa shape index (κ2) is 6.49. The highest BCUT2D eigenvalue weighted by Gasteiger charge is 2.21. The van der Waals surface area contributed by atoms with E-state index in [4.69, 9.17) is 0 Å². The van der Waals surface area contributed by atoms with Gasteiger partial charge in [0.05, 0.1) is 11.3 Å². The van der Waals surface area contributed by atoms with E-state index in [0.717, 1.165) is 24.2 Å². The summed E-state index contributed by atoms with van der Waals surface area (Å²) < 4.78 is 0. The third kappa shape index (κ3) is 3.29. The Balaban J connectivity index is 1.58. The van der Waals surface area contributed by atoms with Crippen LogP contribution in [0.2, 0.25) is 0 Å². The van der Waals surface area contributed by atoms with E-state index in [2.05, 4.69) is 19.9 Å². The minimum atomic E-state index is -0.105. The third-order valence-electron chi connectivity index (χ3n) is 4.37. The van der Waals surface area contributed by atoms with E-state index < -0.39 is 0 Å². The van der Waals surface area contributed by atoms with Crippen molar-refractivity contribution in [3.8, 4) is 17.3 Å². The van der Waals surface area contributed by atoms with Crippen molar-refractivity contribution < 1.29 is 5.11 Å². The molecule has 3 heterocycles. The predicted octanol–water partition coefficient (Wildman–Crippen LogP) is 2.10. The first kappa shape index (κ1) is 15.5. The van der Waals surface area contributed by atoms with E-state index in [-0.39, 0.29) is 11.3 Å². The molecule has 0 fully saturated rings. The largest absolute Gasteiger partial charge is 0.508 e. The molecule has 1 aliphatic heterocycles. The van der Waals surface area contributed by atoms with Crippen LogP contribution in [-0.4, -0.2) is 31.5 Å². The monoisotopic (exact) mass is 334 g/mol. The molecule has 0 saturated carbocycles. The molecule has 0 amide bonds. The van der Waals surface area contributed by atoms with Crippen molar-refractivity contribution in [2.75, 3.05) is 6.54 Å². The topological polar surface area (TPSA) is 82.1 Å². The smallest absolute Gasteiger partial charge is 0.255 e. The molecule has 0 bridgehead atoms. The summed E-state index contributed by atoms with van der Waals surface area (Å²) in [4.78, 5) is 26.4. The van der Waals surface area contributed by atoms with Crippen LogP contribution in [0.25, 0.3) is 11.5 Å². The number of pyridine rings is 1. The maximum absolute atomic E-state index is 12.5. The maximum Gasteiger partial charge on any atom is 0.255 e. The molecule has 0 unspecified atom stereocenters. The highest BCUT2D eigenvalue weighted by Crippen LogP contribution is 2.20. The summed E-state index contributed by atoms with van der Waals surface area (Å²) in [5.74, 6) is 0.778. The van der Waals surface area contributed by atoms with Gasteiger partial charge >= 0.3 is 0 Å². The van der Waals surface area contributed by atoms with Crippen LogP contribution in [0.5, 0.6) is 5.75 Å². The van der Waals surface area contributed by atoms with Crippen LogP contribution in [0.1, 0.15) is 16.8 Å². The van der Waals surface area contributed by atoms with E-state index in [1.165, 1.54) is 0 Å². The number of rotatable bonds is 3. The fraction of sp³-hybridized carbons (Fsp3) is 0.211. The lowest BCUT2D eigenvalue weighted by atomic mass is 10.1. The van der Waals surface area contributed by atoms with E-state index >= 15 is 0 Å². The Bertz CT molecular complexity index is 953. The highest BCUT2D eigenvalue weighted by atomic mass is 16.3. The second-order valence-corrected chi connectivity index (χ2v) is 6.19. The fourth-order valence-corrected chi connectivity index (χ4v) is 3.15. The van der Waals surface area contributed by atoms with Gasteiger partial charge in [-0.2, -0.15) is 0 Å². The molecule has 1 aliphatic rings. The summed E-state index contributed by atoms with van der Waals surface area (Å²) in [6, 6.07) is 12.8. The molecule has 0 spiro atoms. The molecule has 25 heavy (non-hydrogen) atoms. The zero-order valence-corrected chi connectivity index (χ0v) is 13.6. The fourth-order valence-electron chi connectivity index (χ4n) is 3.15. The summed E-state index contributed by atoms with van der Waals surface area (Å²) in [6.45, 7) is 2.06. The van der Waals surface area contributed by atoms with Crippen molar-refractivity contribution >= 4 is 0 Å². The molecule has 2 aromatic heterocycles. The third-order valence-corrected chi connectivity index (χ3v) is 4.37. The molecule has 0 atom stereocenters. The number of hydrogen-bond acceptors (Lipinski definition) is 5. The van der Waals surface area contributed by atoms with Gasteiger partial charge in [0.15, 0.2) is 5.82 Å². The van der Waals surface area contributed by atoms with Crippen LogP contribution < -0.4 is 5.56 Å². The standard InChI is InChI=1S/C19H18N4O2/c24-14-5-3-4-13(10-14)11-23-9-7-16-15(12-23)19(25)22-18(21-16)17-6-1-2-8-20-17/h1-6,8,10,24H,7,9,11-12H2,(H,21,22,25). The number of aromatic nitrogens is 3. The average Bonchev–Trinajstić information content (AvgIpc) is 2.63. The lowest BCUT2D eigenvalue weighted by Crippen LogP contribution is -2.35. The first-order chi connectivity index (χ1) is 12.2. The van der Waals surface area contributed by atoms with Gasteiger partial charge in [-0.15, -0.1) is 0 Å². The van der Waals surface area contributed by atoms with Crippen molar-refractivity contribution in [1.82, 2.24) is 19.9 Å². The maximum atomic E-state index is 12.5. The molecule has 6 heteroatoms. The molecule has 2 N–H and O–H groups in total. The molecular weight excluding hydrogens is 316 g/mol. The normalized spacial score (nSPS) is 14.2. The molecular formula is C19H18N4O2. The Morgan fingerprint density at radius 3 is 2.92 bits per heavy atom. The van der Waals surface area contributed by atoms with E-state index in [1.54, 1.807) is 18.3 Å². The number of nitrogens with one attached hydrogen (secondary N) is 1. The van der Waals surface area contributed by atoms with Gasteiger partial charge in [0.2, 0.25) is 0 Å². The lowest BCUT2D eigenvalue weighted by Gasteiger charge is -2.27.